The molecule has 0 aliphatic rings. The number of carbonyl (C=O) groups is 2. The molecule has 0 aromatic carbocycles. The number of aryl methyl sites for hydroxylation is 1. The third-order valence-corrected chi connectivity index (χ3v) is 3.17. The van der Waals surface area contributed by atoms with Crippen LogP contribution in [0.5, 0.6) is 0 Å². The molecule has 0 fully saturated rings. The number of hydrogen-bond donors (Lipinski definition) is 3. The monoisotopic (exact) mass is 297 g/mol. The lowest BCUT2D eigenvalue weighted by Crippen LogP contribution is -2.49. The van der Waals surface area contributed by atoms with Gasteiger partial charge in [0.05, 0.1) is 6.42 Å². The molecule has 118 valence electrons. The van der Waals surface area contributed by atoms with Crippen molar-refractivity contribution in [3.8, 4) is 0 Å². The molecular weight excluding hydrogens is 274 g/mol. The van der Waals surface area contributed by atoms with Gasteiger partial charge in [0.1, 0.15) is 12.2 Å². The number of nitrogens with zero attached hydrogens (tertiary/aromatic N) is 3. The number of nitrogens with one attached hydrogen (secondary N) is 2. The summed E-state index contributed by atoms with van der Waals surface area (Å²) >= 11 is 0. The second-order valence-electron chi connectivity index (χ2n) is 6.02. The highest BCUT2D eigenvalue weighted by atomic mass is 16.4. The second kappa shape index (κ2) is 7.05. The molecule has 0 aliphatic heterocycles. The van der Waals surface area contributed by atoms with Gasteiger partial charge in [-0.25, -0.2) is 4.79 Å². The Morgan fingerprint density at radius 1 is 1.43 bits per heavy atom. The molecule has 0 spiro atoms. The zero-order valence-electron chi connectivity index (χ0n) is 12.9. The molecule has 3 N–H and O–H groups in total. The summed E-state index contributed by atoms with van der Waals surface area (Å²) in [5.74, 6) is -0.164. The van der Waals surface area contributed by atoms with Crippen LogP contribution in [0.2, 0.25) is 0 Å². The molecule has 8 nitrogen and oxygen atoms in total. The van der Waals surface area contributed by atoms with Crippen LogP contribution < -0.4 is 10.6 Å². The van der Waals surface area contributed by atoms with Gasteiger partial charge in [-0.3, -0.25) is 4.79 Å². The smallest absolute Gasteiger partial charge is 0.315 e. The maximum Gasteiger partial charge on any atom is 0.315 e. The second-order valence-corrected chi connectivity index (χ2v) is 6.02. The average Bonchev–Trinajstić information content (AvgIpc) is 2.72. The van der Waals surface area contributed by atoms with Gasteiger partial charge < -0.3 is 20.3 Å². The maximum absolute atomic E-state index is 11.8. The van der Waals surface area contributed by atoms with E-state index in [0.29, 0.717) is 13.0 Å². The number of rotatable bonds is 6. The molecule has 1 unspecified atom stereocenters. The zero-order chi connectivity index (χ0) is 16.0. The largest absolute Gasteiger partial charge is 0.481 e. The van der Waals surface area contributed by atoms with Crippen LogP contribution in [0.3, 0.4) is 0 Å². The van der Waals surface area contributed by atoms with Crippen LogP contribution in [0.1, 0.15) is 33.0 Å². The normalized spacial score (nSPS) is 12.8. The van der Waals surface area contributed by atoms with Gasteiger partial charge in [-0.15, -0.1) is 10.2 Å². The summed E-state index contributed by atoms with van der Waals surface area (Å²) in [6.07, 6.45) is 2.04. The Morgan fingerprint density at radius 2 is 2.10 bits per heavy atom. The first kappa shape index (κ1) is 16.9. The number of carboxylic acid groups (broad SMARTS) is 1. The number of aliphatic carboxylic acids is 1. The fourth-order valence-corrected chi connectivity index (χ4v) is 1.78. The molecule has 21 heavy (non-hydrogen) atoms. The van der Waals surface area contributed by atoms with Crippen LogP contribution in [0.15, 0.2) is 6.33 Å². The molecule has 8 heteroatoms. The molecule has 0 bridgehead atoms. The summed E-state index contributed by atoms with van der Waals surface area (Å²) < 4.78 is 1.78. The Kier molecular flexibility index (Phi) is 5.69. The lowest BCUT2D eigenvalue weighted by Gasteiger charge is -2.30. The van der Waals surface area contributed by atoms with Crippen molar-refractivity contribution in [3.05, 3.63) is 12.2 Å². The standard InChI is InChI=1S/C13H23N5O3/c1-13(2,3)9(7-11(19)20)16-12(21)14-6-5-10-17-15-8-18(10)4/h8-9H,5-7H2,1-4H3,(H,19,20)(H2,14,16,21). The summed E-state index contributed by atoms with van der Waals surface area (Å²) in [7, 11) is 1.83. The third-order valence-electron chi connectivity index (χ3n) is 3.17. The molecule has 1 heterocycles. The van der Waals surface area contributed by atoms with Crippen molar-refractivity contribution < 1.29 is 14.7 Å². The van der Waals surface area contributed by atoms with E-state index in [-0.39, 0.29) is 17.9 Å². The highest BCUT2D eigenvalue weighted by molar-refractivity contribution is 5.75. The lowest BCUT2D eigenvalue weighted by atomic mass is 9.85. The third kappa shape index (κ3) is 5.80. The van der Waals surface area contributed by atoms with Crippen molar-refractivity contribution in [1.29, 1.82) is 0 Å². The highest BCUT2D eigenvalue weighted by Crippen LogP contribution is 2.21. The molecule has 1 atom stereocenters. The van der Waals surface area contributed by atoms with Gasteiger partial charge in [0.25, 0.3) is 0 Å². The van der Waals surface area contributed by atoms with Crippen LogP contribution in [-0.2, 0) is 18.3 Å². The first-order chi connectivity index (χ1) is 9.70. The Hall–Kier alpha value is -2.12. The Balaban J connectivity index is 2.43. The van der Waals surface area contributed by atoms with Crippen molar-refractivity contribution in [2.45, 2.75) is 39.7 Å². The molecule has 0 saturated heterocycles. The average molecular weight is 297 g/mol. The van der Waals surface area contributed by atoms with Crippen molar-refractivity contribution >= 4 is 12.0 Å². The Morgan fingerprint density at radius 3 is 2.57 bits per heavy atom. The van der Waals surface area contributed by atoms with E-state index in [4.69, 9.17) is 5.11 Å². The summed E-state index contributed by atoms with van der Waals surface area (Å²) in [6, 6.07) is -0.817. The highest BCUT2D eigenvalue weighted by Gasteiger charge is 2.28. The van der Waals surface area contributed by atoms with E-state index in [1.165, 1.54) is 0 Å². The van der Waals surface area contributed by atoms with Crippen LogP contribution in [0.25, 0.3) is 0 Å². The van der Waals surface area contributed by atoms with Gasteiger partial charge in [0.2, 0.25) is 0 Å². The number of carboxylic acids is 1. The topological polar surface area (TPSA) is 109 Å². The summed E-state index contributed by atoms with van der Waals surface area (Å²) in [5.41, 5.74) is -0.334. The zero-order valence-corrected chi connectivity index (χ0v) is 12.9. The summed E-state index contributed by atoms with van der Waals surface area (Å²) in [5, 5.41) is 22.0. The number of aromatic nitrogens is 3. The van der Waals surface area contributed by atoms with E-state index in [1.807, 2.05) is 27.8 Å². The minimum absolute atomic E-state index is 0.111. The minimum atomic E-state index is -0.936. The number of hydrogen-bond acceptors (Lipinski definition) is 4. The predicted molar refractivity (Wildman–Crippen MR) is 76.7 cm³/mol. The molecule has 2 amide bonds. The van der Waals surface area contributed by atoms with E-state index >= 15 is 0 Å². The first-order valence-corrected chi connectivity index (χ1v) is 6.79. The van der Waals surface area contributed by atoms with Crippen molar-refractivity contribution in [1.82, 2.24) is 25.4 Å². The molecular formula is C13H23N5O3. The van der Waals surface area contributed by atoms with Crippen LogP contribution in [0, 0.1) is 5.41 Å². The van der Waals surface area contributed by atoms with Gasteiger partial charge >= 0.3 is 12.0 Å². The molecule has 1 aromatic rings. The van der Waals surface area contributed by atoms with E-state index in [2.05, 4.69) is 20.8 Å². The van der Waals surface area contributed by atoms with E-state index in [1.54, 1.807) is 10.9 Å². The summed E-state index contributed by atoms with van der Waals surface area (Å²) in [4.78, 5) is 22.7. The van der Waals surface area contributed by atoms with Crippen molar-refractivity contribution in [2.75, 3.05) is 6.54 Å². The van der Waals surface area contributed by atoms with Crippen molar-refractivity contribution in [2.24, 2.45) is 12.5 Å². The number of carbonyl (C=O) groups excluding carboxylic acids is 1. The maximum atomic E-state index is 11.8. The first-order valence-electron chi connectivity index (χ1n) is 6.79. The fourth-order valence-electron chi connectivity index (χ4n) is 1.78. The minimum Gasteiger partial charge on any atom is -0.481 e. The van der Waals surface area contributed by atoms with Crippen LogP contribution >= 0.6 is 0 Å². The number of urea groups is 1. The fraction of sp³-hybridized carbons (Fsp3) is 0.692. The molecule has 1 aromatic heterocycles. The molecule has 0 saturated carbocycles. The van der Waals surface area contributed by atoms with Gasteiger partial charge in [0, 0.05) is 26.1 Å². The van der Waals surface area contributed by atoms with Gasteiger partial charge in [-0.2, -0.15) is 0 Å². The SMILES string of the molecule is Cn1cnnc1CCNC(=O)NC(CC(=O)O)C(C)(C)C. The van der Waals surface area contributed by atoms with E-state index < -0.39 is 12.0 Å². The van der Waals surface area contributed by atoms with Crippen LogP contribution in [-0.4, -0.2) is 44.5 Å². The van der Waals surface area contributed by atoms with Gasteiger partial charge in [-0.05, 0) is 5.41 Å². The summed E-state index contributed by atoms with van der Waals surface area (Å²) in [6.45, 7) is 6.07. The quantitative estimate of drug-likeness (QED) is 0.710. The molecule has 0 radical (unpaired) electrons. The predicted octanol–water partition coefficient (Wildman–Crippen LogP) is 0.546. The van der Waals surface area contributed by atoms with Gasteiger partial charge in [-0.1, -0.05) is 20.8 Å². The lowest BCUT2D eigenvalue weighted by molar-refractivity contribution is -0.138. The van der Waals surface area contributed by atoms with E-state index in [9.17, 15) is 9.59 Å². The molecule has 1 rings (SSSR count). The molecule has 0 aliphatic carbocycles. The Labute approximate surface area is 123 Å². The van der Waals surface area contributed by atoms with Crippen LogP contribution in [0.4, 0.5) is 4.79 Å². The van der Waals surface area contributed by atoms with E-state index in [0.717, 1.165) is 5.82 Å². The Bertz CT molecular complexity index is 492. The van der Waals surface area contributed by atoms with Crippen molar-refractivity contribution in [3.63, 3.8) is 0 Å². The van der Waals surface area contributed by atoms with Gasteiger partial charge in [0.15, 0.2) is 0 Å². The number of amides is 2.